The number of allylic oxidation sites excluding steroid dienone is 1. The van der Waals surface area contributed by atoms with E-state index in [-0.39, 0.29) is 29.0 Å². The van der Waals surface area contributed by atoms with Gasteiger partial charge in [-0.25, -0.2) is 4.39 Å². The van der Waals surface area contributed by atoms with Crippen molar-refractivity contribution in [2.24, 2.45) is 17.3 Å². The van der Waals surface area contributed by atoms with Gasteiger partial charge in [-0.3, -0.25) is 4.79 Å². The molecule has 1 saturated carbocycles. The van der Waals surface area contributed by atoms with Gasteiger partial charge in [0.25, 0.3) is 0 Å². The molecule has 0 radical (unpaired) electrons. The highest BCUT2D eigenvalue weighted by molar-refractivity contribution is 8.02. The summed E-state index contributed by atoms with van der Waals surface area (Å²) >= 11 is 1.53. The van der Waals surface area contributed by atoms with Crippen molar-refractivity contribution in [1.82, 2.24) is 0 Å². The van der Waals surface area contributed by atoms with E-state index >= 15 is 0 Å². The lowest BCUT2D eigenvalue weighted by Gasteiger charge is -2.01. The van der Waals surface area contributed by atoms with Crippen molar-refractivity contribution in [3.63, 3.8) is 0 Å². The molecule has 20 heavy (non-hydrogen) atoms. The average Bonchev–Trinajstić information content (AvgIpc) is 2.94. The van der Waals surface area contributed by atoms with E-state index in [0.717, 1.165) is 4.90 Å². The van der Waals surface area contributed by atoms with Crippen molar-refractivity contribution in [3.8, 4) is 0 Å². The molecule has 0 bridgehead atoms. The smallest absolute Gasteiger partial charge is 0.310 e. The maximum Gasteiger partial charge on any atom is 0.310 e. The minimum Gasteiger partial charge on any atom is -0.466 e. The van der Waals surface area contributed by atoms with Gasteiger partial charge in [-0.15, -0.1) is 0 Å². The molecule has 2 atom stereocenters. The highest BCUT2D eigenvalue weighted by atomic mass is 32.2. The van der Waals surface area contributed by atoms with Gasteiger partial charge in [-0.05, 0) is 47.9 Å². The largest absolute Gasteiger partial charge is 0.466 e. The summed E-state index contributed by atoms with van der Waals surface area (Å²) in [6.07, 6.45) is 2.05. The molecule has 2 nitrogen and oxygen atoms in total. The molecule has 1 aliphatic carbocycles. The highest BCUT2D eigenvalue weighted by Gasteiger charge is 2.61. The van der Waals surface area contributed by atoms with Crippen LogP contribution in [0.5, 0.6) is 0 Å². The highest BCUT2D eigenvalue weighted by Crippen LogP contribution is 2.59. The monoisotopic (exact) mass is 294 g/mol. The molecule has 0 spiro atoms. The number of carbonyl (C=O) groups excluding carboxylic acids is 1. The van der Waals surface area contributed by atoms with E-state index in [1.54, 1.807) is 12.1 Å². The van der Waals surface area contributed by atoms with Gasteiger partial charge < -0.3 is 4.74 Å². The Morgan fingerprint density at radius 1 is 1.40 bits per heavy atom. The van der Waals surface area contributed by atoms with Gasteiger partial charge in [-0.2, -0.15) is 0 Å². The second-order valence-corrected chi connectivity index (χ2v) is 6.46. The number of rotatable bonds is 5. The Kier molecular flexibility index (Phi) is 4.53. The topological polar surface area (TPSA) is 26.3 Å². The number of hydrogen-bond acceptors (Lipinski definition) is 3. The molecule has 0 aromatic heterocycles. The quantitative estimate of drug-likeness (QED) is 0.599. The molecule has 1 aliphatic rings. The maximum atomic E-state index is 12.8. The molecule has 0 aliphatic heterocycles. The van der Waals surface area contributed by atoms with Gasteiger partial charge in [-0.1, -0.05) is 31.7 Å². The van der Waals surface area contributed by atoms with Crippen LogP contribution in [0.1, 0.15) is 20.8 Å². The molecule has 2 rings (SSSR count). The molecule has 0 saturated heterocycles. The fraction of sp³-hybridized carbons (Fsp3) is 0.438. The van der Waals surface area contributed by atoms with Crippen LogP contribution in [0.25, 0.3) is 0 Å². The van der Waals surface area contributed by atoms with Crippen LogP contribution in [-0.4, -0.2) is 12.6 Å². The Balaban J connectivity index is 1.92. The van der Waals surface area contributed by atoms with Crippen LogP contribution in [-0.2, 0) is 9.53 Å². The Morgan fingerprint density at radius 2 is 2.05 bits per heavy atom. The van der Waals surface area contributed by atoms with E-state index in [9.17, 15) is 9.18 Å². The fourth-order valence-electron chi connectivity index (χ4n) is 2.43. The van der Waals surface area contributed by atoms with Crippen molar-refractivity contribution in [3.05, 3.63) is 41.6 Å². The maximum absolute atomic E-state index is 12.8. The van der Waals surface area contributed by atoms with Gasteiger partial charge >= 0.3 is 5.97 Å². The third kappa shape index (κ3) is 3.23. The molecule has 108 valence electrons. The normalized spacial score (nSPS) is 23.8. The van der Waals surface area contributed by atoms with Crippen molar-refractivity contribution in [2.45, 2.75) is 25.7 Å². The molecule has 1 fully saturated rings. The third-order valence-corrected chi connectivity index (χ3v) is 4.59. The van der Waals surface area contributed by atoms with E-state index < -0.39 is 0 Å². The van der Waals surface area contributed by atoms with E-state index in [4.69, 9.17) is 4.74 Å². The predicted molar refractivity (Wildman–Crippen MR) is 78.8 cm³/mol. The molecule has 1 aromatic rings. The van der Waals surface area contributed by atoms with E-state index in [0.29, 0.717) is 6.61 Å². The van der Waals surface area contributed by atoms with Gasteiger partial charge in [0, 0.05) is 4.90 Å². The van der Waals surface area contributed by atoms with Crippen molar-refractivity contribution in [2.75, 3.05) is 6.61 Å². The summed E-state index contributed by atoms with van der Waals surface area (Å²) in [4.78, 5) is 12.8. The summed E-state index contributed by atoms with van der Waals surface area (Å²) in [6, 6.07) is 6.37. The van der Waals surface area contributed by atoms with Gasteiger partial charge in [0.05, 0.1) is 12.5 Å². The summed E-state index contributed by atoms with van der Waals surface area (Å²) in [6.45, 7) is 6.40. The first-order valence-corrected chi connectivity index (χ1v) is 7.60. The molecule has 0 unspecified atom stereocenters. The molecule has 0 N–H and O–H groups in total. The Labute approximate surface area is 123 Å². The van der Waals surface area contributed by atoms with Crippen LogP contribution in [0.4, 0.5) is 4.39 Å². The zero-order valence-corrected chi connectivity index (χ0v) is 12.7. The molecular weight excluding hydrogens is 275 g/mol. The number of hydrogen-bond donors (Lipinski definition) is 0. The Bertz CT molecular complexity index is 508. The van der Waals surface area contributed by atoms with Gasteiger partial charge in [0.2, 0.25) is 0 Å². The fourth-order valence-corrected chi connectivity index (χ4v) is 3.13. The van der Waals surface area contributed by atoms with Crippen LogP contribution in [0.3, 0.4) is 0 Å². The Morgan fingerprint density at radius 3 is 2.65 bits per heavy atom. The van der Waals surface area contributed by atoms with E-state index in [1.807, 2.05) is 12.3 Å². The predicted octanol–water partition coefficient (Wildman–Crippen LogP) is 4.27. The molecule has 0 amide bonds. The summed E-state index contributed by atoms with van der Waals surface area (Å²) in [5, 5.41) is 1.97. The van der Waals surface area contributed by atoms with Crippen molar-refractivity contribution >= 4 is 17.7 Å². The standard InChI is InChI=1S/C16H19FO2S/c1-4-19-15(18)14-13(16(14,2)3)9-10-20-12-7-5-11(17)6-8-12/h5-10,13-14H,4H2,1-3H3/b10-9+/t13-,14-/m0/s1. The zero-order chi connectivity index (χ0) is 14.8. The lowest BCUT2D eigenvalue weighted by molar-refractivity contribution is -0.145. The molecule has 0 heterocycles. The first-order chi connectivity index (χ1) is 9.46. The van der Waals surface area contributed by atoms with Crippen LogP contribution in [0.15, 0.2) is 40.6 Å². The second kappa shape index (κ2) is 6.00. The van der Waals surface area contributed by atoms with E-state index in [1.165, 1.54) is 23.9 Å². The van der Waals surface area contributed by atoms with Gasteiger partial charge in [0.1, 0.15) is 5.82 Å². The van der Waals surface area contributed by atoms with Crippen molar-refractivity contribution < 1.29 is 13.9 Å². The number of benzene rings is 1. The third-order valence-electron chi connectivity index (χ3n) is 3.75. The summed E-state index contributed by atoms with van der Waals surface area (Å²) < 4.78 is 17.9. The Hall–Kier alpha value is -1.29. The molecule has 1 aromatic carbocycles. The SMILES string of the molecule is CCOC(=O)[C@@H]1[C@H](/C=C/Sc2ccc(F)cc2)C1(C)C. The number of esters is 1. The minimum atomic E-state index is -0.232. The van der Waals surface area contributed by atoms with Crippen LogP contribution in [0.2, 0.25) is 0 Å². The average molecular weight is 294 g/mol. The van der Waals surface area contributed by atoms with Crippen LogP contribution in [0, 0.1) is 23.1 Å². The number of thioether (sulfide) groups is 1. The minimum absolute atomic E-state index is 0.0356. The van der Waals surface area contributed by atoms with Crippen LogP contribution < -0.4 is 0 Å². The zero-order valence-electron chi connectivity index (χ0n) is 11.9. The number of halogens is 1. The summed E-state index contributed by atoms with van der Waals surface area (Å²) in [5.41, 5.74) is -0.0356. The van der Waals surface area contributed by atoms with Crippen LogP contribution >= 0.6 is 11.8 Å². The lowest BCUT2D eigenvalue weighted by atomic mass is 10.1. The van der Waals surface area contributed by atoms with E-state index in [2.05, 4.69) is 19.9 Å². The number of ether oxygens (including phenoxy) is 1. The summed E-state index contributed by atoms with van der Waals surface area (Å²) in [7, 11) is 0. The second-order valence-electron chi connectivity index (χ2n) is 5.48. The molecular formula is C16H19FO2S. The first-order valence-electron chi connectivity index (χ1n) is 6.72. The number of carbonyl (C=O) groups is 1. The molecule has 4 heteroatoms. The lowest BCUT2D eigenvalue weighted by Crippen LogP contribution is -2.10. The van der Waals surface area contributed by atoms with Gasteiger partial charge in [0.15, 0.2) is 0 Å². The first kappa shape index (κ1) is 15.1. The summed E-state index contributed by atoms with van der Waals surface area (Å²) in [5.74, 6) is -0.176. The van der Waals surface area contributed by atoms with Crippen molar-refractivity contribution in [1.29, 1.82) is 0 Å².